The summed E-state index contributed by atoms with van der Waals surface area (Å²) in [6, 6.07) is 32.8. The number of aromatic nitrogens is 2. The number of nitrogens with one attached hydrogen (secondary N) is 2. The van der Waals surface area contributed by atoms with Gasteiger partial charge in [0.2, 0.25) is 0 Å². The number of imidazole rings is 1. The summed E-state index contributed by atoms with van der Waals surface area (Å²) in [5, 5.41) is 2.94. The van der Waals surface area contributed by atoms with Gasteiger partial charge in [0, 0.05) is 16.9 Å². The maximum absolute atomic E-state index is 12.8. The quantitative estimate of drug-likeness (QED) is 0.317. The highest BCUT2D eigenvalue weighted by Gasteiger charge is 2.11. The van der Waals surface area contributed by atoms with Gasteiger partial charge in [-0.1, -0.05) is 54.6 Å². The van der Waals surface area contributed by atoms with E-state index in [0.717, 1.165) is 28.0 Å². The molecule has 1 heterocycles. The van der Waals surface area contributed by atoms with Crippen LogP contribution in [0.15, 0.2) is 109 Å². The average Bonchev–Trinajstić information content (AvgIpc) is 3.29. The largest absolute Gasteiger partial charge is 0.322 e. The summed E-state index contributed by atoms with van der Waals surface area (Å²) in [6.45, 7) is 0.438. The van der Waals surface area contributed by atoms with Crippen LogP contribution in [0, 0.1) is 0 Å². The molecule has 162 valence electrons. The van der Waals surface area contributed by atoms with Crippen LogP contribution in [0.25, 0.3) is 16.7 Å². The topological polar surface area (TPSA) is 68.2 Å². The molecule has 0 spiro atoms. The Balaban J connectivity index is 1.26. The maximum Gasteiger partial charge on any atom is 0.255 e. The zero-order valence-corrected chi connectivity index (χ0v) is 17.8. The van der Waals surface area contributed by atoms with Crippen molar-refractivity contribution in [2.24, 2.45) is 0 Å². The normalized spacial score (nSPS) is 10.8. The number of hydrogen-bond acceptors (Lipinski definition) is 4. The van der Waals surface area contributed by atoms with Gasteiger partial charge in [0.05, 0.1) is 23.3 Å². The molecule has 0 saturated carbocycles. The fraction of sp³-hybridized carbons (Fsp3) is 0.0370. The van der Waals surface area contributed by atoms with Gasteiger partial charge >= 0.3 is 0 Å². The number of carbonyl (C=O) groups is 1. The summed E-state index contributed by atoms with van der Waals surface area (Å²) in [7, 11) is 0. The van der Waals surface area contributed by atoms with Gasteiger partial charge in [-0.2, -0.15) is 0 Å². The number of para-hydroxylation sites is 1. The third kappa shape index (κ3) is 4.76. The molecule has 33 heavy (non-hydrogen) atoms. The lowest BCUT2D eigenvalue weighted by Crippen LogP contribution is -2.12. The van der Waals surface area contributed by atoms with Crippen LogP contribution in [0.4, 0.5) is 11.4 Å². The number of nitrogens with zero attached hydrogens (tertiary/aromatic N) is 2. The van der Waals surface area contributed by atoms with Gasteiger partial charge in [-0.05, 0) is 54.1 Å². The highest BCUT2D eigenvalue weighted by Crippen LogP contribution is 2.21. The van der Waals surface area contributed by atoms with Crippen LogP contribution in [0.5, 0.6) is 0 Å². The predicted molar refractivity (Wildman–Crippen MR) is 130 cm³/mol. The monoisotopic (exact) mass is 434 g/mol. The van der Waals surface area contributed by atoms with E-state index >= 15 is 0 Å². The molecular weight excluding hydrogens is 412 g/mol. The molecule has 0 atom stereocenters. The van der Waals surface area contributed by atoms with Gasteiger partial charge in [-0.3, -0.25) is 19.7 Å². The molecule has 0 aliphatic rings. The van der Waals surface area contributed by atoms with Crippen molar-refractivity contribution >= 4 is 28.3 Å². The Kier molecular flexibility index (Phi) is 5.82. The second kappa shape index (κ2) is 9.38. The highest BCUT2D eigenvalue weighted by atomic mass is 16.6. The van der Waals surface area contributed by atoms with Gasteiger partial charge in [-0.25, -0.2) is 4.98 Å². The molecule has 0 aliphatic carbocycles. The molecule has 6 heteroatoms. The summed E-state index contributed by atoms with van der Waals surface area (Å²) in [6.07, 6.45) is 1.77. The Morgan fingerprint density at radius 1 is 0.818 bits per heavy atom. The van der Waals surface area contributed by atoms with Crippen LogP contribution in [0.3, 0.4) is 0 Å². The maximum atomic E-state index is 12.8. The van der Waals surface area contributed by atoms with Crippen molar-refractivity contribution in [3.63, 3.8) is 0 Å². The minimum atomic E-state index is -0.200. The molecule has 0 bridgehead atoms. The average molecular weight is 434 g/mol. The van der Waals surface area contributed by atoms with E-state index in [0.29, 0.717) is 17.9 Å². The standard InChI is InChI=1S/C27H22N4O2/c32-27(21-14-15-26-25(16-21)28-19-31(26)24-12-5-2-6-13-24)29-22-10-7-11-23(17-22)30-33-18-20-8-3-1-4-9-20/h1-17,19,30H,18H2,(H,29,32). The Morgan fingerprint density at radius 3 is 2.39 bits per heavy atom. The number of fused-ring (bicyclic) bond motifs is 1. The fourth-order valence-corrected chi connectivity index (χ4v) is 3.59. The molecule has 1 amide bonds. The molecule has 2 N–H and O–H groups in total. The summed E-state index contributed by atoms with van der Waals surface area (Å²) < 4.78 is 2.00. The van der Waals surface area contributed by atoms with Crippen molar-refractivity contribution in [1.29, 1.82) is 0 Å². The van der Waals surface area contributed by atoms with Crippen molar-refractivity contribution in [3.8, 4) is 5.69 Å². The Hall–Kier alpha value is -4.42. The van der Waals surface area contributed by atoms with Crippen LogP contribution >= 0.6 is 0 Å². The van der Waals surface area contributed by atoms with E-state index < -0.39 is 0 Å². The van der Waals surface area contributed by atoms with Crippen LogP contribution in [0.2, 0.25) is 0 Å². The zero-order valence-electron chi connectivity index (χ0n) is 17.8. The van der Waals surface area contributed by atoms with Crippen molar-refractivity contribution in [2.45, 2.75) is 6.61 Å². The smallest absolute Gasteiger partial charge is 0.255 e. The van der Waals surface area contributed by atoms with E-state index in [9.17, 15) is 4.79 Å². The first-order valence-corrected chi connectivity index (χ1v) is 10.6. The molecular formula is C27H22N4O2. The van der Waals surface area contributed by atoms with Crippen LogP contribution in [0.1, 0.15) is 15.9 Å². The number of carbonyl (C=O) groups excluding carboxylic acids is 1. The fourth-order valence-electron chi connectivity index (χ4n) is 3.59. The van der Waals surface area contributed by atoms with E-state index in [1.165, 1.54) is 0 Å². The summed E-state index contributed by atoms with van der Waals surface area (Å²) in [5.74, 6) is -0.200. The molecule has 0 saturated heterocycles. The van der Waals surface area contributed by atoms with Crippen LogP contribution < -0.4 is 10.8 Å². The van der Waals surface area contributed by atoms with E-state index in [4.69, 9.17) is 4.84 Å². The Morgan fingerprint density at radius 2 is 1.58 bits per heavy atom. The first-order valence-electron chi connectivity index (χ1n) is 10.6. The summed E-state index contributed by atoms with van der Waals surface area (Å²) in [4.78, 5) is 22.9. The molecule has 1 aromatic heterocycles. The first-order chi connectivity index (χ1) is 16.3. The third-order valence-electron chi connectivity index (χ3n) is 5.24. The van der Waals surface area contributed by atoms with E-state index in [2.05, 4.69) is 15.8 Å². The third-order valence-corrected chi connectivity index (χ3v) is 5.24. The molecule has 5 rings (SSSR count). The molecule has 0 fully saturated rings. The second-order valence-electron chi connectivity index (χ2n) is 7.56. The highest BCUT2D eigenvalue weighted by molar-refractivity contribution is 6.06. The van der Waals surface area contributed by atoms with Crippen LogP contribution in [-0.4, -0.2) is 15.5 Å². The molecule has 0 radical (unpaired) electrons. The lowest BCUT2D eigenvalue weighted by Gasteiger charge is -2.10. The minimum absolute atomic E-state index is 0.200. The van der Waals surface area contributed by atoms with Gasteiger partial charge in [0.15, 0.2) is 0 Å². The van der Waals surface area contributed by atoms with Gasteiger partial charge < -0.3 is 5.32 Å². The van der Waals surface area contributed by atoms with Gasteiger partial charge in [0.25, 0.3) is 5.91 Å². The van der Waals surface area contributed by atoms with Gasteiger partial charge in [-0.15, -0.1) is 0 Å². The molecule has 5 aromatic rings. The van der Waals surface area contributed by atoms with Crippen molar-refractivity contribution in [3.05, 3.63) is 121 Å². The Labute approximate surface area is 191 Å². The predicted octanol–water partition coefficient (Wildman–Crippen LogP) is 5.82. The number of rotatable bonds is 7. The Bertz CT molecular complexity index is 1380. The molecule has 4 aromatic carbocycles. The zero-order chi connectivity index (χ0) is 22.5. The van der Waals surface area contributed by atoms with E-state index in [1.807, 2.05) is 102 Å². The van der Waals surface area contributed by atoms with Crippen molar-refractivity contribution in [1.82, 2.24) is 9.55 Å². The van der Waals surface area contributed by atoms with Crippen molar-refractivity contribution < 1.29 is 9.63 Å². The van der Waals surface area contributed by atoms with Gasteiger partial charge in [0.1, 0.15) is 6.33 Å². The van der Waals surface area contributed by atoms with E-state index in [1.54, 1.807) is 12.4 Å². The molecule has 6 nitrogen and oxygen atoms in total. The number of amides is 1. The lowest BCUT2D eigenvalue weighted by atomic mass is 10.1. The van der Waals surface area contributed by atoms with Crippen LogP contribution in [-0.2, 0) is 11.4 Å². The SMILES string of the molecule is O=C(Nc1cccc(NOCc2ccccc2)c1)c1ccc2c(c1)ncn2-c1ccccc1. The minimum Gasteiger partial charge on any atom is -0.322 e. The lowest BCUT2D eigenvalue weighted by molar-refractivity contribution is 0.102. The number of hydrogen-bond donors (Lipinski definition) is 2. The summed E-state index contributed by atoms with van der Waals surface area (Å²) >= 11 is 0. The molecule has 0 aliphatic heterocycles. The first kappa shape index (κ1) is 20.5. The van der Waals surface area contributed by atoms with Crippen molar-refractivity contribution in [2.75, 3.05) is 10.8 Å². The number of anilines is 2. The summed E-state index contributed by atoms with van der Waals surface area (Å²) in [5.41, 5.74) is 8.68. The molecule has 0 unspecified atom stereocenters. The number of benzene rings is 4. The van der Waals surface area contributed by atoms with E-state index in [-0.39, 0.29) is 5.91 Å². The second-order valence-corrected chi connectivity index (χ2v) is 7.56.